The van der Waals surface area contributed by atoms with E-state index in [9.17, 15) is 0 Å². The van der Waals surface area contributed by atoms with Gasteiger partial charge in [0.15, 0.2) is 0 Å². The maximum absolute atomic E-state index is 3.56. The van der Waals surface area contributed by atoms with Crippen LogP contribution in [0.3, 0.4) is 0 Å². The van der Waals surface area contributed by atoms with E-state index >= 15 is 0 Å². The van der Waals surface area contributed by atoms with Crippen molar-refractivity contribution in [1.29, 1.82) is 0 Å². The third-order valence-corrected chi connectivity index (χ3v) is 4.76. The smallest absolute Gasteiger partial charge is 0.0220 e. The summed E-state index contributed by atoms with van der Waals surface area (Å²) in [6, 6.07) is 1.53. The molecular formula is C11H22N2S. The Bertz CT molecular complexity index is 186. The quantitative estimate of drug-likeness (QED) is 0.711. The Hall–Kier alpha value is 0.270. The molecule has 14 heavy (non-hydrogen) atoms. The Balaban J connectivity index is 1.94. The molecule has 2 aliphatic rings. The zero-order valence-electron chi connectivity index (χ0n) is 9.33. The largest absolute Gasteiger partial charge is 0.313 e. The molecule has 3 atom stereocenters. The van der Waals surface area contributed by atoms with E-state index in [1.807, 2.05) is 0 Å². The summed E-state index contributed by atoms with van der Waals surface area (Å²) in [6.45, 7) is 8.47. The summed E-state index contributed by atoms with van der Waals surface area (Å²) in [4.78, 5) is 2.72. The first-order chi connectivity index (χ1) is 6.77. The molecule has 0 aromatic rings. The van der Waals surface area contributed by atoms with Gasteiger partial charge in [-0.1, -0.05) is 6.92 Å². The Morgan fingerprint density at radius 3 is 2.86 bits per heavy atom. The van der Waals surface area contributed by atoms with E-state index < -0.39 is 0 Å². The first kappa shape index (κ1) is 10.8. The lowest BCUT2D eigenvalue weighted by Gasteiger charge is -2.31. The van der Waals surface area contributed by atoms with E-state index in [0.717, 1.165) is 12.0 Å². The van der Waals surface area contributed by atoms with Crippen molar-refractivity contribution in [3.05, 3.63) is 0 Å². The third-order valence-electron chi connectivity index (χ3n) is 3.42. The number of nitrogens with zero attached hydrogens (tertiary/aromatic N) is 1. The van der Waals surface area contributed by atoms with Crippen molar-refractivity contribution < 1.29 is 0 Å². The van der Waals surface area contributed by atoms with Crippen LogP contribution in [0.15, 0.2) is 0 Å². The Labute approximate surface area is 91.8 Å². The van der Waals surface area contributed by atoms with E-state index in [4.69, 9.17) is 0 Å². The minimum absolute atomic E-state index is 0.676. The van der Waals surface area contributed by atoms with Crippen molar-refractivity contribution in [3.8, 4) is 0 Å². The lowest BCUT2D eigenvalue weighted by Crippen LogP contribution is -2.44. The second-order valence-electron chi connectivity index (χ2n) is 4.79. The van der Waals surface area contributed by atoms with Crippen LogP contribution in [0.5, 0.6) is 0 Å². The minimum Gasteiger partial charge on any atom is -0.313 e. The van der Waals surface area contributed by atoms with Crippen LogP contribution in [-0.4, -0.2) is 48.1 Å². The van der Waals surface area contributed by atoms with Crippen molar-refractivity contribution >= 4 is 11.8 Å². The molecule has 0 aromatic heterocycles. The summed E-state index contributed by atoms with van der Waals surface area (Å²) < 4.78 is 0. The first-order valence-electron chi connectivity index (χ1n) is 5.82. The van der Waals surface area contributed by atoms with Crippen LogP contribution < -0.4 is 5.32 Å². The molecule has 1 N–H and O–H groups in total. The van der Waals surface area contributed by atoms with E-state index in [1.54, 1.807) is 0 Å². The molecule has 2 fully saturated rings. The fraction of sp³-hybridized carbons (Fsp3) is 1.00. The van der Waals surface area contributed by atoms with Crippen LogP contribution in [0.4, 0.5) is 0 Å². The zero-order valence-corrected chi connectivity index (χ0v) is 10.1. The lowest BCUT2D eigenvalue weighted by atomic mass is 10.0. The standard InChI is InChI=1S/C11H22N2S/c1-9-7-14-8-11(9)13-5-3-4-12-10(2)6-13/h9-12H,3-8H2,1-2H3. The minimum atomic E-state index is 0.676. The SMILES string of the molecule is CC1CN(C2CSCC2C)CCCN1. The van der Waals surface area contributed by atoms with Gasteiger partial charge in [-0.25, -0.2) is 0 Å². The molecule has 0 aromatic carbocycles. The molecule has 2 heterocycles. The van der Waals surface area contributed by atoms with Crippen molar-refractivity contribution in [2.75, 3.05) is 31.1 Å². The summed E-state index contributed by atoms with van der Waals surface area (Å²) in [6.07, 6.45) is 1.32. The van der Waals surface area contributed by atoms with Crippen molar-refractivity contribution in [2.45, 2.75) is 32.4 Å². The van der Waals surface area contributed by atoms with E-state index in [-0.39, 0.29) is 0 Å². The Morgan fingerprint density at radius 2 is 2.14 bits per heavy atom. The molecule has 0 bridgehead atoms. The van der Waals surface area contributed by atoms with Gasteiger partial charge in [0, 0.05) is 24.4 Å². The van der Waals surface area contributed by atoms with Crippen LogP contribution in [0.25, 0.3) is 0 Å². The van der Waals surface area contributed by atoms with Gasteiger partial charge < -0.3 is 5.32 Å². The fourth-order valence-corrected chi connectivity index (χ4v) is 4.07. The van der Waals surface area contributed by atoms with E-state index in [0.29, 0.717) is 6.04 Å². The third kappa shape index (κ3) is 2.44. The van der Waals surface area contributed by atoms with Crippen LogP contribution in [0.1, 0.15) is 20.3 Å². The van der Waals surface area contributed by atoms with Crippen LogP contribution in [0, 0.1) is 5.92 Å². The summed E-state index contributed by atoms with van der Waals surface area (Å²) in [5.41, 5.74) is 0. The van der Waals surface area contributed by atoms with Crippen molar-refractivity contribution in [3.63, 3.8) is 0 Å². The van der Waals surface area contributed by atoms with Crippen LogP contribution >= 0.6 is 11.8 Å². The predicted octanol–water partition coefficient (Wildman–Crippen LogP) is 1.42. The Kier molecular flexibility index (Phi) is 3.74. The van der Waals surface area contributed by atoms with Crippen LogP contribution in [-0.2, 0) is 0 Å². The number of hydrogen-bond donors (Lipinski definition) is 1. The molecular weight excluding hydrogens is 192 g/mol. The van der Waals surface area contributed by atoms with Gasteiger partial charge in [0.05, 0.1) is 0 Å². The number of nitrogens with one attached hydrogen (secondary N) is 1. The molecule has 0 radical (unpaired) electrons. The molecule has 0 saturated carbocycles. The average molecular weight is 214 g/mol. The van der Waals surface area contributed by atoms with Crippen LogP contribution in [0.2, 0.25) is 0 Å². The molecule has 2 saturated heterocycles. The van der Waals surface area contributed by atoms with Gasteiger partial charge in [0.2, 0.25) is 0 Å². The maximum atomic E-state index is 3.56. The molecule has 3 unspecified atom stereocenters. The second kappa shape index (κ2) is 4.86. The molecule has 3 heteroatoms. The zero-order chi connectivity index (χ0) is 9.97. The maximum Gasteiger partial charge on any atom is 0.0220 e. The first-order valence-corrected chi connectivity index (χ1v) is 6.98. The molecule has 2 rings (SSSR count). The van der Waals surface area contributed by atoms with Gasteiger partial charge in [-0.2, -0.15) is 11.8 Å². The molecule has 0 aliphatic carbocycles. The summed E-state index contributed by atoms with van der Waals surface area (Å²) >= 11 is 2.13. The Morgan fingerprint density at radius 1 is 1.29 bits per heavy atom. The highest BCUT2D eigenvalue weighted by Gasteiger charge is 2.30. The van der Waals surface area contributed by atoms with Crippen molar-refractivity contribution in [2.24, 2.45) is 5.92 Å². The monoisotopic (exact) mass is 214 g/mol. The molecule has 0 spiro atoms. The fourth-order valence-electron chi connectivity index (χ4n) is 2.55. The molecule has 2 nitrogen and oxygen atoms in total. The second-order valence-corrected chi connectivity index (χ2v) is 5.86. The number of hydrogen-bond acceptors (Lipinski definition) is 3. The molecule has 2 aliphatic heterocycles. The van der Waals surface area contributed by atoms with Gasteiger partial charge in [-0.15, -0.1) is 0 Å². The highest BCUT2D eigenvalue weighted by Crippen LogP contribution is 2.28. The predicted molar refractivity (Wildman–Crippen MR) is 63.9 cm³/mol. The lowest BCUT2D eigenvalue weighted by molar-refractivity contribution is 0.180. The summed E-state index contributed by atoms with van der Waals surface area (Å²) in [7, 11) is 0. The van der Waals surface area contributed by atoms with E-state index in [1.165, 1.54) is 37.6 Å². The topological polar surface area (TPSA) is 15.3 Å². The normalized spacial score (nSPS) is 41.1. The van der Waals surface area contributed by atoms with Gasteiger partial charge in [-0.3, -0.25) is 4.90 Å². The van der Waals surface area contributed by atoms with Gasteiger partial charge in [-0.05, 0) is 38.1 Å². The molecule has 0 amide bonds. The average Bonchev–Trinajstić information content (AvgIpc) is 2.45. The molecule has 82 valence electrons. The summed E-state index contributed by atoms with van der Waals surface area (Å²) in [5.74, 6) is 3.61. The highest BCUT2D eigenvalue weighted by atomic mass is 32.2. The van der Waals surface area contributed by atoms with Gasteiger partial charge in [0.1, 0.15) is 0 Å². The number of thioether (sulfide) groups is 1. The summed E-state index contributed by atoms with van der Waals surface area (Å²) in [5, 5.41) is 3.56. The van der Waals surface area contributed by atoms with Gasteiger partial charge in [0.25, 0.3) is 0 Å². The highest BCUT2D eigenvalue weighted by molar-refractivity contribution is 7.99. The van der Waals surface area contributed by atoms with E-state index in [2.05, 4.69) is 35.8 Å². The van der Waals surface area contributed by atoms with Crippen molar-refractivity contribution in [1.82, 2.24) is 10.2 Å². The van der Waals surface area contributed by atoms with Gasteiger partial charge >= 0.3 is 0 Å². The number of rotatable bonds is 1.